The van der Waals surface area contributed by atoms with Gasteiger partial charge in [-0.05, 0) is 35.9 Å². The molecule has 0 atom stereocenters. The summed E-state index contributed by atoms with van der Waals surface area (Å²) < 4.78 is 25.8. The summed E-state index contributed by atoms with van der Waals surface area (Å²) in [5.74, 6) is -0.272. The topological polar surface area (TPSA) is 102 Å². The fraction of sp³-hybridized carbons (Fsp3) is 0.222. The van der Waals surface area contributed by atoms with E-state index in [9.17, 15) is 13.2 Å². The lowest BCUT2D eigenvalue weighted by molar-refractivity contribution is -0.119. The zero-order chi connectivity index (χ0) is 19.2. The quantitative estimate of drug-likeness (QED) is 0.767. The van der Waals surface area contributed by atoms with Crippen molar-refractivity contribution in [2.24, 2.45) is 0 Å². The third-order valence-corrected chi connectivity index (χ3v) is 5.59. The zero-order valence-electron chi connectivity index (χ0n) is 14.6. The molecular formula is C18H20N4O3S. The first-order valence-corrected chi connectivity index (χ1v) is 9.30. The monoisotopic (exact) mass is 372 g/mol. The molecule has 0 aliphatic heterocycles. The zero-order valence-corrected chi connectivity index (χ0v) is 15.4. The maximum absolute atomic E-state index is 12.3. The normalized spacial score (nSPS) is 11.0. The molecule has 0 aliphatic carbocycles. The van der Waals surface area contributed by atoms with Crippen molar-refractivity contribution < 1.29 is 13.2 Å². The van der Waals surface area contributed by atoms with Crippen molar-refractivity contribution in [3.05, 3.63) is 59.7 Å². The lowest BCUT2D eigenvalue weighted by Gasteiger charge is -2.15. The molecule has 0 unspecified atom stereocenters. The Hall–Kier alpha value is -2.89. The number of carbonyl (C=O) groups excluding carboxylic acids is 1. The van der Waals surface area contributed by atoms with Crippen LogP contribution in [0.3, 0.4) is 0 Å². The molecule has 1 amide bonds. The summed E-state index contributed by atoms with van der Waals surface area (Å²) in [5.41, 5.74) is 1.78. The minimum atomic E-state index is -3.58. The Labute approximate surface area is 153 Å². The highest BCUT2D eigenvalue weighted by Crippen LogP contribution is 2.18. The molecule has 0 fully saturated rings. The highest BCUT2D eigenvalue weighted by Gasteiger charge is 2.20. The Kier molecular flexibility index (Phi) is 6.33. The van der Waals surface area contributed by atoms with Crippen LogP contribution < -0.4 is 10.6 Å². The molecule has 136 valence electrons. The number of sulfonamides is 1. The summed E-state index contributed by atoms with van der Waals surface area (Å²) in [6.45, 7) is 0.144. The lowest BCUT2D eigenvalue weighted by atomic mass is 10.2. The van der Waals surface area contributed by atoms with E-state index in [1.165, 1.54) is 20.2 Å². The molecule has 0 aromatic heterocycles. The van der Waals surface area contributed by atoms with E-state index in [1.807, 2.05) is 6.07 Å². The van der Waals surface area contributed by atoms with Gasteiger partial charge < -0.3 is 10.6 Å². The van der Waals surface area contributed by atoms with Crippen molar-refractivity contribution >= 4 is 21.6 Å². The first-order chi connectivity index (χ1) is 12.3. The third kappa shape index (κ3) is 4.81. The van der Waals surface area contributed by atoms with Crippen LogP contribution in [0.4, 0.5) is 5.69 Å². The van der Waals surface area contributed by atoms with Gasteiger partial charge in [0.2, 0.25) is 15.9 Å². The summed E-state index contributed by atoms with van der Waals surface area (Å²) in [5, 5.41) is 14.4. The smallest absolute Gasteiger partial charge is 0.242 e. The van der Waals surface area contributed by atoms with Crippen LogP contribution >= 0.6 is 0 Å². The van der Waals surface area contributed by atoms with Crippen LogP contribution in [-0.4, -0.2) is 39.3 Å². The Morgan fingerprint density at radius 3 is 2.38 bits per heavy atom. The van der Waals surface area contributed by atoms with Crippen molar-refractivity contribution in [3.63, 3.8) is 0 Å². The van der Waals surface area contributed by atoms with Crippen LogP contribution in [0.15, 0.2) is 53.4 Å². The van der Waals surface area contributed by atoms with E-state index in [1.54, 1.807) is 42.5 Å². The van der Waals surface area contributed by atoms with Crippen molar-refractivity contribution in [2.75, 3.05) is 26.0 Å². The first kappa shape index (κ1) is 19.4. The SMILES string of the molecule is CN(C)S(=O)(=O)c1ccccc1CNC(=O)CNc1ccc(C#N)cc1. The number of nitrogens with one attached hydrogen (secondary N) is 2. The average molecular weight is 372 g/mol. The van der Waals surface area contributed by atoms with E-state index < -0.39 is 10.0 Å². The van der Waals surface area contributed by atoms with Crippen molar-refractivity contribution in [2.45, 2.75) is 11.4 Å². The van der Waals surface area contributed by atoms with Crippen LogP contribution in [0.2, 0.25) is 0 Å². The van der Waals surface area contributed by atoms with Gasteiger partial charge in [0.15, 0.2) is 0 Å². The fourth-order valence-electron chi connectivity index (χ4n) is 2.20. The molecule has 2 aromatic rings. The molecular weight excluding hydrogens is 352 g/mol. The number of anilines is 1. The molecule has 0 saturated carbocycles. The maximum atomic E-state index is 12.3. The van der Waals surface area contributed by atoms with Gasteiger partial charge in [0.25, 0.3) is 0 Å². The van der Waals surface area contributed by atoms with E-state index in [0.29, 0.717) is 11.1 Å². The number of rotatable bonds is 7. The number of hydrogen-bond donors (Lipinski definition) is 2. The average Bonchev–Trinajstić information content (AvgIpc) is 2.65. The number of benzene rings is 2. The molecule has 26 heavy (non-hydrogen) atoms. The van der Waals surface area contributed by atoms with Gasteiger partial charge in [0.1, 0.15) is 0 Å². The summed E-state index contributed by atoms with van der Waals surface area (Å²) in [7, 11) is -0.648. The largest absolute Gasteiger partial charge is 0.376 e. The molecule has 0 saturated heterocycles. The Bertz CT molecular complexity index is 916. The Morgan fingerprint density at radius 1 is 1.12 bits per heavy atom. The number of nitrogens with zero attached hydrogens (tertiary/aromatic N) is 2. The second-order valence-corrected chi connectivity index (χ2v) is 7.83. The lowest BCUT2D eigenvalue weighted by Crippen LogP contribution is -2.30. The highest BCUT2D eigenvalue weighted by molar-refractivity contribution is 7.89. The third-order valence-electron chi connectivity index (χ3n) is 3.67. The minimum absolute atomic E-state index is 0.0362. The van der Waals surface area contributed by atoms with E-state index >= 15 is 0 Å². The maximum Gasteiger partial charge on any atom is 0.242 e. The predicted molar refractivity (Wildman–Crippen MR) is 98.8 cm³/mol. The van der Waals surface area contributed by atoms with E-state index in [4.69, 9.17) is 5.26 Å². The Balaban J connectivity index is 1.96. The van der Waals surface area contributed by atoms with Gasteiger partial charge in [-0.3, -0.25) is 4.79 Å². The summed E-state index contributed by atoms with van der Waals surface area (Å²) >= 11 is 0. The van der Waals surface area contributed by atoms with Crippen LogP contribution in [0, 0.1) is 11.3 Å². The highest BCUT2D eigenvalue weighted by atomic mass is 32.2. The van der Waals surface area contributed by atoms with Crippen molar-refractivity contribution in [1.29, 1.82) is 5.26 Å². The van der Waals surface area contributed by atoms with Gasteiger partial charge >= 0.3 is 0 Å². The molecule has 2 aromatic carbocycles. The van der Waals surface area contributed by atoms with Crippen LogP contribution in [0.1, 0.15) is 11.1 Å². The molecule has 2 rings (SSSR count). The molecule has 8 heteroatoms. The standard InChI is InChI=1S/C18H20N4O3S/c1-22(2)26(24,25)17-6-4-3-5-15(17)12-21-18(23)13-20-16-9-7-14(11-19)8-10-16/h3-10,20H,12-13H2,1-2H3,(H,21,23). The molecule has 7 nitrogen and oxygen atoms in total. The second-order valence-electron chi connectivity index (χ2n) is 5.71. The second kappa shape index (κ2) is 8.47. The van der Waals surface area contributed by atoms with E-state index in [2.05, 4.69) is 10.6 Å². The number of hydrogen-bond acceptors (Lipinski definition) is 5. The van der Waals surface area contributed by atoms with Gasteiger partial charge in [-0.2, -0.15) is 5.26 Å². The van der Waals surface area contributed by atoms with Crippen LogP contribution in [-0.2, 0) is 21.4 Å². The van der Waals surface area contributed by atoms with Gasteiger partial charge in [-0.15, -0.1) is 0 Å². The molecule has 0 spiro atoms. The summed E-state index contributed by atoms with van der Waals surface area (Å²) in [6.07, 6.45) is 0. The number of amides is 1. The van der Waals surface area contributed by atoms with Crippen molar-refractivity contribution in [1.82, 2.24) is 9.62 Å². The molecule has 0 bridgehead atoms. The van der Waals surface area contributed by atoms with Crippen molar-refractivity contribution in [3.8, 4) is 6.07 Å². The molecule has 0 aliphatic rings. The van der Waals surface area contributed by atoms with Gasteiger partial charge in [0.05, 0.1) is 23.1 Å². The Morgan fingerprint density at radius 2 is 1.77 bits per heavy atom. The fourth-order valence-corrected chi connectivity index (χ4v) is 3.31. The van der Waals surface area contributed by atoms with Gasteiger partial charge in [-0.25, -0.2) is 12.7 Å². The number of nitriles is 1. The molecule has 2 N–H and O–H groups in total. The van der Waals surface area contributed by atoms with Gasteiger partial charge in [-0.1, -0.05) is 18.2 Å². The number of carbonyl (C=O) groups is 1. The molecule has 0 radical (unpaired) electrons. The minimum Gasteiger partial charge on any atom is -0.376 e. The first-order valence-electron chi connectivity index (χ1n) is 7.86. The predicted octanol–water partition coefficient (Wildman–Crippen LogP) is 1.54. The summed E-state index contributed by atoms with van der Waals surface area (Å²) in [4.78, 5) is 12.2. The molecule has 0 heterocycles. The van der Waals surface area contributed by atoms with Crippen LogP contribution in [0.25, 0.3) is 0 Å². The van der Waals surface area contributed by atoms with E-state index in [-0.39, 0.29) is 23.9 Å². The van der Waals surface area contributed by atoms with Crippen LogP contribution in [0.5, 0.6) is 0 Å². The van der Waals surface area contributed by atoms with Gasteiger partial charge in [0, 0.05) is 26.3 Å². The van der Waals surface area contributed by atoms with E-state index in [0.717, 1.165) is 9.99 Å². The summed E-state index contributed by atoms with van der Waals surface area (Å²) in [6, 6.07) is 15.3.